The molecule has 0 saturated carbocycles. The van der Waals surface area contributed by atoms with Crippen LogP contribution in [0.5, 0.6) is 0 Å². The highest BCUT2D eigenvalue weighted by molar-refractivity contribution is 5.62. The zero-order chi connectivity index (χ0) is 28.0. The van der Waals surface area contributed by atoms with E-state index in [0.29, 0.717) is 0 Å². The lowest BCUT2D eigenvalue weighted by molar-refractivity contribution is 0.0166. The van der Waals surface area contributed by atoms with Gasteiger partial charge in [0.1, 0.15) is 0 Å². The third-order valence-electron chi connectivity index (χ3n) is 7.34. The first kappa shape index (κ1) is 29.1. The standard InChI is InChI=1S/C37H42O3/c1-3-5-9-15-29-21-25-33(26-22-29)35(31-17-11-7-12-18-31)39-37(38)40-36(32-19-13-8-14-20-32)34-27-23-30(24-28-34)16-10-6-4-2/h7-8,11-14,17-28,35-36H,3-6,9-10,15-16H2,1-2H3. The summed E-state index contributed by atoms with van der Waals surface area (Å²) in [6.07, 6.45) is 7.54. The van der Waals surface area contributed by atoms with Gasteiger partial charge >= 0.3 is 6.16 Å². The molecule has 0 amide bonds. The highest BCUT2D eigenvalue weighted by atomic mass is 16.7. The fraction of sp³-hybridized carbons (Fsp3) is 0.324. The van der Waals surface area contributed by atoms with Crippen molar-refractivity contribution >= 4 is 6.16 Å². The van der Waals surface area contributed by atoms with Crippen LogP contribution in [0.25, 0.3) is 0 Å². The third kappa shape index (κ3) is 8.58. The maximum Gasteiger partial charge on any atom is 0.510 e. The lowest BCUT2D eigenvalue weighted by Gasteiger charge is -2.23. The summed E-state index contributed by atoms with van der Waals surface area (Å²) in [5.41, 5.74) is 6.27. The predicted molar refractivity (Wildman–Crippen MR) is 163 cm³/mol. The maximum atomic E-state index is 13.4. The quantitative estimate of drug-likeness (QED) is 0.119. The van der Waals surface area contributed by atoms with Gasteiger partial charge in [0, 0.05) is 0 Å². The minimum absolute atomic E-state index is 0.559. The van der Waals surface area contributed by atoms with Gasteiger partial charge in [-0.2, -0.15) is 0 Å². The van der Waals surface area contributed by atoms with E-state index in [9.17, 15) is 4.79 Å². The van der Waals surface area contributed by atoms with Gasteiger partial charge in [-0.25, -0.2) is 4.79 Å². The van der Waals surface area contributed by atoms with Gasteiger partial charge in [-0.15, -0.1) is 0 Å². The van der Waals surface area contributed by atoms with E-state index >= 15 is 0 Å². The molecule has 3 nitrogen and oxygen atoms in total. The number of benzene rings is 4. The molecule has 2 unspecified atom stereocenters. The maximum absolute atomic E-state index is 13.4. The Morgan fingerprint density at radius 1 is 0.500 bits per heavy atom. The van der Waals surface area contributed by atoms with Crippen molar-refractivity contribution in [1.82, 2.24) is 0 Å². The van der Waals surface area contributed by atoms with Crippen molar-refractivity contribution in [3.63, 3.8) is 0 Å². The molecule has 0 aliphatic heterocycles. The summed E-state index contributed by atoms with van der Waals surface area (Å²) >= 11 is 0. The van der Waals surface area contributed by atoms with E-state index in [1.165, 1.54) is 49.7 Å². The third-order valence-corrected chi connectivity index (χ3v) is 7.34. The SMILES string of the molecule is CCCCCc1ccc(C(OC(=O)OC(c2ccccc2)c2ccc(CCCCC)cc2)c2ccccc2)cc1. The van der Waals surface area contributed by atoms with E-state index in [1.54, 1.807) is 0 Å². The second-order valence-electron chi connectivity index (χ2n) is 10.5. The van der Waals surface area contributed by atoms with Crippen LogP contribution in [0, 0.1) is 0 Å². The first-order valence-electron chi connectivity index (χ1n) is 14.8. The lowest BCUT2D eigenvalue weighted by Crippen LogP contribution is -2.18. The molecule has 0 aliphatic carbocycles. The van der Waals surface area contributed by atoms with Gasteiger partial charge in [0.05, 0.1) is 0 Å². The van der Waals surface area contributed by atoms with E-state index in [-0.39, 0.29) is 0 Å². The van der Waals surface area contributed by atoms with Gasteiger partial charge in [-0.3, -0.25) is 0 Å². The fourth-order valence-electron chi connectivity index (χ4n) is 5.01. The second kappa shape index (κ2) is 15.7. The van der Waals surface area contributed by atoms with Gasteiger partial charge in [0.25, 0.3) is 0 Å². The van der Waals surface area contributed by atoms with Gasteiger partial charge in [-0.1, -0.05) is 149 Å². The first-order chi connectivity index (χ1) is 19.7. The van der Waals surface area contributed by atoms with Crippen LogP contribution in [0.3, 0.4) is 0 Å². The molecule has 0 fully saturated rings. The highest BCUT2D eigenvalue weighted by Crippen LogP contribution is 2.31. The largest absolute Gasteiger partial charge is 0.510 e. The molecular weight excluding hydrogens is 492 g/mol. The number of unbranched alkanes of at least 4 members (excludes halogenated alkanes) is 4. The summed E-state index contributed by atoms with van der Waals surface area (Å²) in [6.45, 7) is 4.44. The Labute approximate surface area is 240 Å². The number of hydrogen-bond donors (Lipinski definition) is 0. The van der Waals surface area contributed by atoms with Crippen molar-refractivity contribution in [3.8, 4) is 0 Å². The van der Waals surface area contributed by atoms with Crippen molar-refractivity contribution in [2.45, 2.75) is 77.4 Å². The molecule has 4 aromatic carbocycles. The number of carbonyl (C=O) groups excluding carboxylic acids is 1. The number of carbonyl (C=O) groups is 1. The first-order valence-corrected chi connectivity index (χ1v) is 14.8. The Morgan fingerprint density at radius 3 is 1.20 bits per heavy atom. The molecule has 0 bridgehead atoms. The number of hydrogen-bond acceptors (Lipinski definition) is 3. The van der Waals surface area contributed by atoms with Crippen LogP contribution in [0.15, 0.2) is 109 Å². The van der Waals surface area contributed by atoms with Crippen LogP contribution in [0.1, 0.15) is 98.0 Å². The lowest BCUT2D eigenvalue weighted by atomic mass is 9.98. The smallest absolute Gasteiger partial charge is 0.421 e. The molecule has 0 radical (unpaired) electrons. The van der Waals surface area contributed by atoms with Crippen LogP contribution in [-0.4, -0.2) is 6.16 Å². The fourth-order valence-corrected chi connectivity index (χ4v) is 5.01. The Bertz CT molecular complexity index is 1160. The highest BCUT2D eigenvalue weighted by Gasteiger charge is 2.25. The molecule has 0 N–H and O–H groups in total. The van der Waals surface area contributed by atoms with E-state index in [2.05, 4.69) is 62.4 Å². The van der Waals surface area contributed by atoms with Gasteiger partial charge < -0.3 is 9.47 Å². The van der Waals surface area contributed by atoms with E-state index in [4.69, 9.17) is 9.47 Å². The summed E-state index contributed by atoms with van der Waals surface area (Å²) in [5, 5.41) is 0. The number of aryl methyl sites for hydroxylation is 2. The second-order valence-corrected chi connectivity index (χ2v) is 10.5. The average molecular weight is 535 g/mol. The summed E-state index contributed by atoms with van der Waals surface area (Å²) < 4.78 is 12.1. The molecule has 0 aliphatic rings. The molecule has 2 atom stereocenters. The Hall–Kier alpha value is -3.85. The minimum atomic E-state index is -0.693. The monoisotopic (exact) mass is 534 g/mol. The van der Waals surface area contributed by atoms with Gasteiger partial charge in [0.2, 0.25) is 0 Å². The van der Waals surface area contributed by atoms with Crippen LogP contribution in [0.2, 0.25) is 0 Å². The van der Waals surface area contributed by atoms with Crippen LogP contribution in [0.4, 0.5) is 4.79 Å². The summed E-state index contributed by atoms with van der Waals surface area (Å²) in [7, 11) is 0. The average Bonchev–Trinajstić information content (AvgIpc) is 3.01. The zero-order valence-corrected chi connectivity index (χ0v) is 23.9. The molecule has 4 rings (SSSR count). The molecule has 40 heavy (non-hydrogen) atoms. The predicted octanol–water partition coefficient (Wildman–Crippen LogP) is 10.2. The molecule has 0 spiro atoms. The van der Waals surface area contributed by atoms with Crippen LogP contribution in [-0.2, 0) is 22.3 Å². The Morgan fingerprint density at radius 2 is 0.850 bits per heavy atom. The molecular formula is C37H42O3. The summed E-state index contributed by atoms with van der Waals surface area (Å²) in [6, 6.07) is 36.6. The van der Waals surface area contributed by atoms with Crippen LogP contribution >= 0.6 is 0 Å². The number of rotatable bonds is 14. The van der Waals surface area contributed by atoms with Crippen molar-refractivity contribution < 1.29 is 14.3 Å². The normalized spacial score (nSPS) is 12.4. The van der Waals surface area contributed by atoms with E-state index in [0.717, 1.165) is 35.1 Å². The molecule has 208 valence electrons. The zero-order valence-electron chi connectivity index (χ0n) is 23.9. The molecule has 3 heteroatoms. The van der Waals surface area contributed by atoms with E-state index < -0.39 is 18.4 Å². The van der Waals surface area contributed by atoms with Gasteiger partial charge in [-0.05, 0) is 59.1 Å². The molecule has 4 aromatic rings. The van der Waals surface area contributed by atoms with Gasteiger partial charge in [0.15, 0.2) is 12.2 Å². The molecule has 0 aromatic heterocycles. The number of ether oxygens (including phenoxy) is 2. The minimum Gasteiger partial charge on any atom is -0.421 e. The van der Waals surface area contributed by atoms with E-state index in [1.807, 2.05) is 60.7 Å². The summed E-state index contributed by atoms with van der Waals surface area (Å²) in [4.78, 5) is 13.4. The van der Waals surface area contributed by atoms with Crippen molar-refractivity contribution in [1.29, 1.82) is 0 Å². The Balaban J connectivity index is 1.53. The van der Waals surface area contributed by atoms with Crippen molar-refractivity contribution in [2.75, 3.05) is 0 Å². The van der Waals surface area contributed by atoms with Crippen molar-refractivity contribution in [2.24, 2.45) is 0 Å². The molecule has 0 heterocycles. The van der Waals surface area contributed by atoms with Crippen LogP contribution < -0.4 is 0 Å². The Kier molecular flexibility index (Phi) is 11.4. The van der Waals surface area contributed by atoms with Crippen molar-refractivity contribution in [3.05, 3.63) is 143 Å². The topological polar surface area (TPSA) is 35.5 Å². The summed E-state index contributed by atoms with van der Waals surface area (Å²) in [5.74, 6) is 0. The molecule has 0 saturated heterocycles.